The van der Waals surface area contributed by atoms with E-state index in [2.05, 4.69) is 39.9 Å². The average molecular weight is 342 g/mol. The zero-order chi connectivity index (χ0) is 17.8. The maximum Gasteiger partial charge on any atom is 0.191 e. The maximum atomic E-state index is 9.64. The summed E-state index contributed by atoms with van der Waals surface area (Å²) >= 11 is 0. The molecule has 0 aliphatic heterocycles. The van der Waals surface area contributed by atoms with Gasteiger partial charge in [-0.3, -0.25) is 0 Å². The van der Waals surface area contributed by atoms with E-state index in [4.69, 9.17) is 9.69 Å². The van der Waals surface area contributed by atoms with Gasteiger partial charge in [-0.05, 0) is 37.4 Å². The number of unbranched alkanes of at least 4 members (excludes halogenated alkanes) is 6. The van der Waals surface area contributed by atoms with Gasteiger partial charge in [-0.1, -0.05) is 59.3 Å². The molecule has 0 saturated carbocycles. The first-order valence-electron chi connectivity index (χ1n) is 9.39. The van der Waals surface area contributed by atoms with Crippen LogP contribution in [0.5, 0.6) is 0 Å². The molecule has 1 unspecified atom stereocenters. The van der Waals surface area contributed by atoms with Crippen LogP contribution >= 0.6 is 0 Å². The van der Waals surface area contributed by atoms with Crippen molar-refractivity contribution >= 4 is 8.32 Å². The lowest BCUT2D eigenvalue weighted by molar-refractivity contribution is 0.152. The van der Waals surface area contributed by atoms with Crippen LogP contribution in [0.15, 0.2) is 0 Å². The number of aliphatic hydroxyl groups is 1. The fourth-order valence-electron chi connectivity index (χ4n) is 2.29. The average Bonchev–Trinajstić information content (AvgIpc) is 2.45. The minimum atomic E-state index is -1.56. The summed E-state index contributed by atoms with van der Waals surface area (Å²) in [5.41, 5.74) is 0. The second kappa shape index (κ2) is 12.1. The standard InChI is InChI=1S/C19H39NO2Si/c1-19(2,3)23(4,5)22-17-12-10-8-6-7-9-11-14-18(21)15-13-16-20/h18,21H,6-15,17H2,1-5H3. The van der Waals surface area contributed by atoms with Crippen LogP contribution in [0.2, 0.25) is 18.1 Å². The first-order valence-corrected chi connectivity index (χ1v) is 12.3. The van der Waals surface area contributed by atoms with E-state index >= 15 is 0 Å². The molecular weight excluding hydrogens is 302 g/mol. The van der Waals surface area contributed by atoms with Crippen molar-refractivity contribution in [1.29, 1.82) is 5.26 Å². The molecule has 0 rings (SSSR count). The van der Waals surface area contributed by atoms with Gasteiger partial charge in [0, 0.05) is 13.0 Å². The quantitative estimate of drug-likeness (QED) is 0.340. The highest BCUT2D eigenvalue weighted by Crippen LogP contribution is 2.36. The van der Waals surface area contributed by atoms with Crippen LogP contribution in [0.25, 0.3) is 0 Å². The second-order valence-electron chi connectivity index (χ2n) is 8.22. The van der Waals surface area contributed by atoms with Gasteiger partial charge >= 0.3 is 0 Å². The predicted molar refractivity (Wildman–Crippen MR) is 101 cm³/mol. The third-order valence-electron chi connectivity index (χ3n) is 5.04. The number of hydrogen-bond acceptors (Lipinski definition) is 3. The minimum absolute atomic E-state index is 0.276. The summed E-state index contributed by atoms with van der Waals surface area (Å²) in [4.78, 5) is 0. The van der Waals surface area contributed by atoms with Crippen molar-refractivity contribution in [2.45, 2.75) is 109 Å². The van der Waals surface area contributed by atoms with E-state index < -0.39 is 8.32 Å². The van der Waals surface area contributed by atoms with Crippen LogP contribution in [0.1, 0.15) is 85.0 Å². The Morgan fingerprint density at radius 1 is 0.957 bits per heavy atom. The molecule has 0 aliphatic carbocycles. The minimum Gasteiger partial charge on any atom is -0.417 e. The van der Waals surface area contributed by atoms with E-state index in [1.807, 2.05) is 0 Å². The summed E-state index contributed by atoms with van der Waals surface area (Å²) in [6.45, 7) is 12.4. The number of aliphatic hydroxyl groups excluding tert-OH is 1. The summed E-state index contributed by atoms with van der Waals surface area (Å²) in [6, 6.07) is 2.08. The number of rotatable bonds is 13. The number of nitrogens with zero attached hydrogens (tertiary/aromatic N) is 1. The van der Waals surface area contributed by atoms with E-state index in [9.17, 15) is 5.11 Å². The summed E-state index contributed by atoms with van der Waals surface area (Å²) in [6.07, 6.45) is 10.2. The number of hydrogen-bond donors (Lipinski definition) is 1. The Morgan fingerprint density at radius 2 is 1.48 bits per heavy atom. The Bertz CT molecular complexity index is 331. The van der Waals surface area contributed by atoms with Crippen LogP contribution in [0, 0.1) is 11.3 Å². The summed E-state index contributed by atoms with van der Waals surface area (Å²) < 4.78 is 6.19. The van der Waals surface area contributed by atoms with E-state index in [1.54, 1.807) is 0 Å². The van der Waals surface area contributed by atoms with E-state index in [1.165, 1.54) is 38.5 Å². The largest absolute Gasteiger partial charge is 0.417 e. The molecule has 0 saturated heterocycles. The Balaban J connectivity index is 3.40. The monoisotopic (exact) mass is 341 g/mol. The molecule has 0 radical (unpaired) electrons. The lowest BCUT2D eigenvalue weighted by Gasteiger charge is -2.36. The molecule has 0 aliphatic rings. The Hall–Kier alpha value is -0.373. The van der Waals surface area contributed by atoms with E-state index in [0.717, 1.165) is 19.4 Å². The fraction of sp³-hybridized carbons (Fsp3) is 0.947. The smallest absolute Gasteiger partial charge is 0.191 e. The molecule has 0 aromatic rings. The molecular formula is C19H39NO2Si. The van der Waals surface area contributed by atoms with Crippen LogP contribution < -0.4 is 0 Å². The van der Waals surface area contributed by atoms with Crippen molar-refractivity contribution in [3.8, 4) is 6.07 Å². The highest BCUT2D eigenvalue weighted by atomic mass is 28.4. The molecule has 4 heteroatoms. The van der Waals surface area contributed by atoms with Crippen LogP contribution in [0.4, 0.5) is 0 Å². The van der Waals surface area contributed by atoms with E-state index in [-0.39, 0.29) is 6.10 Å². The van der Waals surface area contributed by atoms with Crippen LogP contribution in [-0.2, 0) is 4.43 Å². The third-order valence-corrected chi connectivity index (χ3v) is 9.58. The zero-order valence-corrected chi connectivity index (χ0v) is 17.2. The molecule has 0 spiro atoms. The van der Waals surface area contributed by atoms with Crippen molar-refractivity contribution < 1.29 is 9.53 Å². The summed E-state index contributed by atoms with van der Waals surface area (Å²) in [5, 5.41) is 18.4. The molecule has 1 N–H and O–H groups in total. The molecule has 0 fully saturated rings. The molecule has 3 nitrogen and oxygen atoms in total. The molecule has 0 aromatic carbocycles. The van der Waals surface area contributed by atoms with Crippen LogP contribution in [-0.4, -0.2) is 26.1 Å². The topological polar surface area (TPSA) is 53.2 Å². The van der Waals surface area contributed by atoms with Gasteiger partial charge in [0.2, 0.25) is 0 Å². The first-order chi connectivity index (χ1) is 10.7. The molecule has 136 valence electrons. The van der Waals surface area contributed by atoms with Gasteiger partial charge in [-0.25, -0.2) is 0 Å². The Labute approximate surface area is 145 Å². The van der Waals surface area contributed by atoms with Crippen molar-refractivity contribution in [2.75, 3.05) is 6.61 Å². The van der Waals surface area contributed by atoms with Crippen molar-refractivity contribution in [2.24, 2.45) is 0 Å². The molecule has 0 aromatic heterocycles. The van der Waals surface area contributed by atoms with Gasteiger partial charge in [0.1, 0.15) is 0 Å². The first kappa shape index (κ1) is 22.6. The Kier molecular flexibility index (Phi) is 11.9. The normalized spacial score (nSPS) is 13.8. The highest BCUT2D eigenvalue weighted by Gasteiger charge is 2.36. The Morgan fingerprint density at radius 3 is 2.00 bits per heavy atom. The summed E-state index contributed by atoms with van der Waals surface area (Å²) in [5.74, 6) is 0. The SMILES string of the molecule is CC(C)(C)[Si](C)(C)OCCCCCCCCCC(O)CCC#N. The van der Waals surface area contributed by atoms with Gasteiger partial charge in [-0.15, -0.1) is 0 Å². The van der Waals surface area contributed by atoms with Crippen molar-refractivity contribution in [3.05, 3.63) is 0 Å². The van der Waals surface area contributed by atoms with Gasteiger partial charge < -0.3 is 9.53 Å². The second-order valence-corrected chi connectivity index (χ2v) is 13.0. The summed E-state index contributed by atoms with van der Waals surface area (Å²) in [7, 11) is -1.56. The number of nitriles is 1. The lowest BCUT2D eigenvalue weighted by Crippen LogP contribution is -2.40. The van der Waals surface area contributed by atoms with Gasteiger partial charge in [0.25, 0.3) is 0 Å². The van der Waals surface area contributed by atoms with Crippen molar-refractivity contribution in [1.82, 2.24) is 0 Å². The van der Waals surface area contributed by atoms with Gasteiger partial charge in [-0.2, -0.15) is 5.26 Å². The predicted octanol–water partition coefficient (Wildman–Crippen LogP) is 5.79. The molecule has 1 atom stereocenters. The third kappa shape index (κ3) is 11.8. The lowest BCUT2D eigenvalue weighted by atomic mass is 10.0. The molecule has 0 heterocycles. The van der Waals surface area contributed by atoms with Gasteiger partial charge in [0.05, 0.1) is 12.2 Å². The molecule has 0 amide bonds. The fourth-order valence-corrected chi connectivity index (χ4v) is 3.37. The molecule has 0 bridgehead atoms. The van der Waals surface area contributed by atoms with E-state index in [0.29, 0.717) is 17.9 Å². The van der Waals surface area contributed by atoms with Crippen LogP contribution in [0.3, 0.4) is 0 Å². The molecule has 23 heavy (non-hydrogen) atoms. The highest BCUT2D eigenvalue weighted by molar-refractivity contribution is 6.74. The zero-order valence-electron chi connectivity index (χ0n) is 16.2. The van der Waals surface area contributed by atoms with Gasteiger partial charge in [0.15, 0.2) is 8.32 Å². The van der Waals surface area contributed by atoms with Crippen molar-refractivity contribution in [3.63, 3.8) is 0 Å². The maximum absolute atomic E-state index is 9.64.